The number of carbonyl (C=O) groups excluding carboxylic acids is 2. The molecular formula is C9H12N4O2. The summed E-state index contributed by atoms with van der Waals surface area (Å²) in [7, 11) is 0. The molecule has 1 aromatic rings. The quantitative estimate of drug-likeness (QED) is 0.519. The van der Waals surface area contributed by atoms with Gasteiger partial charge in [-0.05, 0) is 18.2 Å². The molecule has 0 bridgehead atoms. The number of carbonyl (C=O) groups is 2. The van der Waals surface area contributed by atoms with Crippen molar-refractivity contribution in [3.63, 3.8) is 0 Å². The number of rotatable bonds is 3. The van der Waals surface area contributed by atoms with Gasteiger partial charge in [0.1, 0.15) is 0 Å². The van der Waals surface area contributed by atoms with Crippen LogP contribution in [0.25, 0.3) is 0 Å². The molecule has 0 aromatic heterocycles. The van der Waals surface area contributed by atoms with Gasteiger partial charge in [0.05, 0.1) is 6.54 Å². The maximum Gasteiger partial charge on any atom is 0.319 e. The van der Waals surface area contributed by atoms with Crippen molar-refractivity contribution in [2.75, 3.05) is 17.6 Å². The van der Waals surface area contributed by atoms with Crippen molar-refractivity contribution in [1.82, 2.24) is 5.32 Å². The Morgan fingerprint density at radius 3 is 2.67 bits per heavy atom. The Hall–Kier alpha value is -2.24. The number of primary amides is 1. The van der Waals surface area contributed by atoms with Crippen LogP contribution in [0.3, 0.4) is 0 Å². The van der Waals surface area contributed by atoms with Gasteiger partial charge in [0, 0.05) is 11.4 Å². The molecule has 0 spiro atoms. The van der Waals surface area contributed by atoms with E-state index in [0.29, 0.717) is 11.4 Å². The summed E-state index contributed by atoms with van der Waals surface area (Å²) in [5.41, 5.74) is 11.5. The molecule has 0 saturated carbocycles. The first-order chi connectivity index (χ1) is 7.08. The summed E-state index contributed by atoms with van der Waals surface area (Å²) in [4.78, 5) is 21.5. The third kappa shape index (κ3) is 3.99. The first-order valence-corrected chi connectivity index (χ1v) is 4.26. The summed E-state index contributed by atoms with van der Waals surface area (Å²) < 4.78 is 0. The summed E-state index contributed by atoms with van der Waals surface area (Å²) in [6.45, 7) is -0.200. The average Bonchev–Trinajstić information content (AvgIpc) is 2.15. The van der Waals surface area contributed by atoms with Gasteiger partial charge in [0.2, 0.25) is 5.91 Å². The van der Waals surface area contributed by atoms with E-state index in [4.69, 9.17) is 11.5 Å². The molecule has 6 nitrogen and oxygen atoms in total. The largest absolute Gasteiger partial charge is 0.399 e. The van der Waals surface area contributed by atoms with E-state index in [2.05, 4.69) is 10.6 Å². The van der Waals surface area contributed by atoms with Crippen molar-refractivity contribution in [3.8, 4) is 0 Å². The van der Waals surface area contributed by atoms with Crippen LogP contribution in [0.15, 0.2) is 24.3 Å². The molecule has 0 heterocycles. The van der Waals surface area contributed by atoms with Crippen LogP contribution in [0, 0.1) is 0 Å². The third-order valence-electron chi connectivity index (χ3n) is 1.57. The fourth-order valence-corrected chi connectivity index (χ4v) is 0.959. The van der Waals surface area contributed by atoms with Gasteiger partial charge in [-0.15, -0.1) is 0 Å². The number of nitrogen functional groups attached to an aromatic ring is 1. The van der Waals surface area contributed by atoms with E-state index in [0.717, 1.165) is 0 Å². The molecule has 0 aliphatic carbocycles. The van der Waals surface area contributed by atoms with Crippen molar-refractivity contribution in [2.45, 2.75) is 0 Å². The highest BCUT2D eigenvalue weighted by Crippen LogP contribution is 2.11. The Morgan fingerprint density at radius 2 is 2.07 bits per heavy atom. The summed E-state index contributed by atoms with van der Waals surface area (Å²) in [6.07, 6.45) is 0. The molecule has 1 aromatic carbocycles. The number of benzene rings is 1. The van der Waals surface area contributed by atoms with Gasteiger partial charge in [0.25, 0.3) is 0 Å². The van der Waals surface area contributed by atoms with Gasteiger partial charge in [-0.25, -0.2) is 4.79 Å². The molecule has 0 aliphatic heterocycles. The molecule has 0 unspecified atom stereocenters. The Labute approximate surface area is 86.6 Å². The summed E-state index contributed by atoms with van der Waals surface area (Å²) in [5, 5.41) is 4.78. The molecule has 0 aliphatic rings. The average molecular weight is 208 g/mol. The smallest absolute Gasteiger partial charge is 0.319 e. The number of nitrogens with one attached hydrogen (secondary N) is 2. The number of anilines is 2. The normalized spacial score (nSPS) is 9.33. The van der Waals surface area contributed by atoms with E-state index in [1.807, 2.05) is 0 Å². The fourth-order valence-electron chi connectivity index (χ4n) is 0.959. The lowest BCUT2D eigenvalue weighted by molar-refractivity contribution is -0.117. The van der Waals surface area contributed by atoms with E-state index < -0.39 is 11.9 Å². The van der Waals surface area contributed by atoms with Gasteiger partial charge < -0.3 is 22.1 Å². The van der Waals surface area contributed by atoms with Crippen LogP contribution in [0.5, 0.6) is 0 Å². The van der Waals surface area contributed by atoms with E-state index in [1.54, 1.807) is 24.3 Å². The number of urea groups is 1. The molecule has 15 heavy (non-hydrogen) atoms. The highest BCUT2D eigenvalue weighted by molar-refractivity contribution is 5.92. The second kappa shape index (κ2) is 4.85. The lowest BCUT2D eigenvalue weighted by Crippen LogP contribution is -2.36. The van der Waals surface area contributed by atoms with Crippen LogP contribution in [0.1, 0.15) is 0 Å². The summed E-state index contributed by atoms with van der Waals surface area (Å²) in [5.74, 6) is -0.599. The van der Waals surface area contributed by atoms with Gasteiger partial charge in [-0.1, -0.05) is 6.07 Å². The number of amides is 3. The molecule has 3 amide bonds. The van der Waals surface area contributed by atoms with Crippen LogP contribution in [-0.4, -0.2) is 18.5 Å². The summed E-state index contributed by atoms with van der Waals surface area (Å²) >= 11 is 0. The Morgan fingerprint density at radius 1 is 1.33 bits per heavy atom. The van der Waals surface area contributed by atoms with Gasteiger partial charge in [0.15, 0.2) is 0 Å². The molecule has 0 atom stereocenters. The molecule has 6 heteroatoms. The Bertz CT molecular complexity index is 378. The Kier molecular flexibility index (Phi) is 3.50. The zero-order valence-electron chi connectivity index (χ0n) is 7.99. The van der Waals surface area contributed by atoms with Crippen molar-refractivity contribution in [2.24, 2.45) is 5.73 Å². The van der Waals surface area contributed by atoms with E-state index >= 15 is 0 Å². The molecular weight excluding hydrogens is 196 g/mol. The van der Waals surface area contributed by atoms with Crippen molar-refractivity contribution >= 4 is 23.3 Å². The molecule has 0 fully saturated rings. The van der Waals surface area contributed by atoms with Gasteiger partial charge in [-0.3, -0.25) is 4.79 Å². The highest BCUT2D eigenvalue weighted by atomic mass is 16.2. The van der Waals surface area contributed by atoms with Crippen LogP contribution >= 0.6 is 0 Å². The zero-order valence-corrected chi connectivity index (χ0v) is 7.99. The van der Waals surface area contributed by atoms with Crippen molar-refractivity contribution in [3.05, 3.63) is 24.3 Å². The maximum atomic E-state index is 11.2. The molecule has 80 valence electrons. The number of hydrogen-bond acceptors (Lipinski definition) is 3. The van der Waals surface area contributed by atoms with Gasteiger partial charge in [-0.2, -0.15) is 0 Å². The lowest BCUT2D eigenvalue weighted by Gasteiger charge is -2.06. The predicted molar refractivity (Wildman–Crippen MR) is 57.1 cm³/mol. The van der Waals surface area contributed by atoms with Crippen LogP contribution in [0.2, 0.25) is 0 Å². The van der Waals surface area contributed by atoms with E-state index in [1.165, 1.54) is 0 Å². The standard InChI is InChI=1S/C9H12N4O2/c10-6-2-1-3-7(4-6)13-9(15)12-5-8(11)14/h1-4H,5,10H2,(H2,11,14)(H2,12,13,15). The monoisotopic (exact) mass is 208 g/mol. The highest BCUT2D eigenvalue weighted by Gasteiger charge is 2.02. The second-order valence-corrected chi connectivity index (χ2v) is 2.90. The Balaban J connectivity index is 2.48. The SMILES string of the molecule is NC(=O)CNC(=O)Nc1cccc(N)c1. The minimum absolute atomic E-state index is 0.200. The van der Waals surface area contributed by atoms with Crippen molar-refractivity contribution in [1.29, 1.82) is 0 Å². The first kappa shape index (κ1) is 10.8. The lowest BCUT2D eigenvalue weighted by atomic mass is 10.3. The van der Waals surface area contributed by atoms with Crippen LogP contribution in [0.4, 0.5) is 16.2 Å². The topological polar surface area (TPSA) is 110 Å². The number of hydrogen-bond donors (Lipinski definition) is 4. The molecule has 0 saturated heterocycles. The minimum Gasteiger partial charge on any atom is -0.399 e. The predicted octanol–water partition coefficient (Wildman–Crippen LogP) is -0.124. The maximum absolute atomic E-state index is 11.2. The molecule has 1 rings (SSSR count). The van der Waals surface area contributed by atoms with E-state index in [-0.39, 0.29) is 6.54 Å². The van der Waals surface area contributed by atoms with E-state index in [9.17, 15) is 9.59 Å². The second-order valence-electron chi connectivity index (χ2n) is 2.90. The van der Waals surface area contributed by atoms with Crippen LogP contribution < -0.4 is 22.1 Å². The van der Waals surface area contributed by atoms with Gasteiger partial charge >= 0.3 is 6.03 Å². The molecule has 6 N–H and O–H groups in total. The summed E-state index contributed by atoms with van der Waals surface area (Å²) in [6, 6.07) is 6.19. The molecule has 0 radical (unpaired) electrons. The third-order valence-corrected chi connectivity index (χ3v) is 1.57. The fraction of sp³-hybridized carbons (Fsp3) is 0.111. The first-order valence-electron chi connectivity index (χ1n) is 4.26. The number of nitrogens with two attached hydrogens (primary N) is 2. The van der Waals surface area contributed by atoms with Crippen molar-refractivity contribution < 1.29 is 9.59 Å². The van der Waals surface area contributed by atoms with Crippen LogP contribution in [-0.2, 0) is 4.79 Å². The zero-order chi connectivity index (χ0) is 11.3. The minimum atomic E-state index is -0.599.